The highest BCUT2D eigenvalue weighted by molar-refractivity contribution is 5.80. The first-order valence-electron chi connectivity index (χ1n) is 8.59. The molecule has 0 radical (unpaired) electrons. The minimum absolute atomic E-state index is 0.0821. The first-order chi connectivity index (χ1) is 12.5. The van der Waals surface area contributed by atoms with Gasteiger partial charge in [-0.2, -0.15) is 0 Å². The Morgan fingerprint density at radius 3 is 1.27 bits per heavy atom. The molecule has 2 aromatic rings. The second kappa shape index (κ2) is 8.12. The van der Waals surface area contributed by atoms with Crippen LogP contribution in [0.25, 0.3) is 0 Å². The van der Waals surface area contributed by atoms with E-state index in [2.05, 4.69) is 10.6 Å². The number of hydrogen-bond acceptors (Lipinski definition) is 4. The lowest BCUT2D eigenvalue weighted by molar-refractivity contribution is -0.120. The molecule has 4 atom stereocenters. The Hall–Kier alpha value is -2.70. The van der Waals surface area contributed by atoms with E-state index in [0.717, 1.165) is 11.1 Å². The molecule has 4 N–H and O–H groups in total. The van der Waals surface area contributed by atoms with Gasteiger partial charge in [-0.1, -0.05) is 60.7 Å². The topological polar surface area (TPSA) is 98.7 Å². The predicted molar refractivity (Wildman–Crippen MR) is 95.9 cm³/mol. The van der Waals surface area contributed by atoms with Gasteiger partial charge in [0.25, 0.3) is 0 Å². The van der Waals surface area contributed by atoms with E-state index in [1.807, 2.05) is 60.7 Å². The molecule has 6 heteroatoms. The number of rotatable bonds is 2. The van der Waals surface area contributed by atoms with Crippen LogP contribution >= 0.6 is 0 Å². The van der Waals surface area contributed by atoms with Gasteiger partial charge in [0.05, 0.1) is 37.1 Å². The minimum atomic E-state index is -0.588. The largest absolute Gasteiger partial charge is 0.390 e. The molecular formula is C20H22N2O4. The lowest BCUT2D eigenvalue weighted by Gasteiger charge is -2.13. The number of nitrogens with one attached hydrogen (secondary N) is 2. The fourth-order valence-corrected chi connectivity index (χ4v) is 3.20. The molecule has 136 valence electrons. The van der Waals surface area contributed by atoms with Crippen molar-refractivity contribution in [2.45, 2.75) is 37.1 Å². The van der Waals surface area contributed by atoms with Crippen LogP contribution in [0.5, 0.6) is 0 Å². The molecule has 2 aliphatic heterocycles. The summed E-state index contributed by atoms with van der Waals surface area (Å²) in [5.74, 6) is -0.164. The number of carbonyl (C=O) groups is 2. The van der Waals surface area contributed by atoms with Crippen molar-refractivity contribution in [2.24, 2.45) is 0 Å². The van der Waals surface area contributed by atoms with Crippen LogP contribution in [0.4, 0.5) is 0 Å². The Morgan fingerprint density at radius 2 is 1.00 bits per heavy atom. The van der Waals surface area contributed by atoms with Crippen LogP contribution in [0.1, 0.15) is 36.1 Å². The SMILES string of the molecule is O=C1C[C@@H](O)[C@@H](c2ccccc2)N1.O=C1C[C@H](O)[C@H](c2ccccc2)N1. The molecule has 2 aromatic carbocycles. The molecule has 2 fully saturated rings. The van der Waals surface area contributed by atoms with Gasteiger partial charge in [0, 0.05) is 0 Å². The van der Waals surface area contributed by atoms with Gasteiger partial charge < -0.3 is 20.8 Å². The van der Waals surface area contributed by atoms with Crippen LogP contribution in [-0.4, -0.2) is 34.2 Å². The zero-order valence-electron chi connectivity index (χ0n) is 14.2. The molecule has 26 heavy (non-hydrogen) atoms. The molecule has 6 nitrogen and oxygen atoms in total. The first-order valence-corrected chi connectivity index (χ1v) is 8.59. The van der Waals surface area contributed by atoms with Crippen LogP contribution in [0, 0.1) is 0 Å². The van der Waals surface area contributed by atoms with Crippen LogP contribution in [0.2, 0.25) is 0 Å². The predicted octanol–water partition coefficient (Wildman–Crippen LogP) is 1.22. The number of aliphatic hydroxyl groups excluding tert-OH is 2. The third-order valence-electron chi connectivity index (χ3n) is 4.51. The molecule has 2 saturated heterocycles. The van der Waals surface area contributed by atoms with E-state index in [9.17, 15) is 19.8 Å². The summed E-state index contributed by atoms with van der Waals surface area (Å²) < 4.78 is 0. The monoisotopic (exact) mass is 354 g/mol. The molecule has 4 rings (SSSR count). The van der Waals surface area contributed by atoms with Crippen molar-refractivity contribution in [3.05, 3.63) is 71.8 Å². The summed E-state index contributed by atoms with van der Waals surface area (Å²) in [5.41, 5.74) is 1.92. The molecule has 0 bridgehead atoms. The Labute approximate surface area is 151 Å². The number of hydrogen-bond donors (Lipinski definition) is 4. The molecule has 0 aliphatic carbocycles. The van der Waals surface area contributed by atoms with Crippen molar-refractivity contribution in [3.8, 4) is 0 Å². The van der Waals surface area contributed by atoms with Gasteiger partial charge in [-0.3, -0.25) is 9.59 Å². The van der Waals surface area contributed by atoms with Gasteiger partial charge in [0.15, 0.2) is 0 Å². The molecule has 0 saturated carbocycles. The van der Waals surface area contributed by atoms with Crippen molar-refractivity contribution in [2.75, 3.05) is 0 Å². The summed E-state index contributed by atoms with van der Waals surface area (Å²) in [4.78, 5) is 21.9. The number of amides is 2. The minimum Gasteiger partial charge on any atom is -0.390 e. The maximum absolute atomic E-state index is 11.0. The van der Waals surface area contributed by atoms with Gasteiger partial charge in [0.2, 0.25) is 11.8 Å². The second-order valence-electron chi connectivity index (χ2n) is 6.45. The Balaban J connectivity index is 0.000000151. The summed E-state index contributed by atoms with van der Waals surface area (Å²) in [7, 11) is 0. The Bertz CT molecular complexity index is 685. The lowest BCUT2D eigenvalue weighted by Crippen LogP contribution is -2.22. The zero-order chi connectivity index (χ0) is 18.5. The van der Waals surface area contributed by atoms with E-state index in [1.165, 1.54) is 0 Å². The zero-order valence-corrected chi connectivity index (χ0v) is 14.2. The van der Waals surface area contributed by atoms with Gasteiger partial charge in [0.1, 0.15) is 0 Å². The number of carbonyl (C=O) groups excluding carboxylic acids is 2. The maximum Gasteiger partial charge on any atom is 0.223 e. The van der Waals surface area contributed by atoms with Crippen LogP contribution in [-0.2, 0) is 9.59 Å². The number of aliphatic hydroxyl groups is 2. The van der Waals surface area contributed by atoms with Crippen molar-refractivity contribution in [1.29, 1.82) is 0 Å². The molecule has 0 spiro atoms. The highest BCUT2D eigenvalue weighted by Gasteiger charge is 2.32. The van der Waals surface area contributed by atoms with Gasteiger partial charge in [-0.05, 0) is 11.1 Å². The summed E-state index contributed by atoms with van der Waals surface area (Å²) in [6.07, 6.45) is -0.760. The van der Waals surface area contributed by atoms with E-state index in [4.69, 9.17) is 0 Å². The standard InChI is InChI=1S/2C10H11NO2/c2*12-8-6-9(13)11-10(8)7-4-2-1-3-5-7/h2*1-5,8,10,12H,6H2,(H,11,13)/t2*8-,10-/m10/s1. The maximum atomic E-state index is 11.0. The third-order valence-corrected chi connectivity index (χ3v) is 4.51. The van der Waals surface area contributed by atoms with Crippen LogP contribution in [0.15, 0.2) is 60.7 Å². The second-order valence-corrected chi connectivity index (χ2v) is 6.45. The third kappa shape index (κ3) is 4.28. The smallest absolute Gasteiger partial charge is 0.223 e. The molecule has 2 amide bonds. The highest BCUT2D eigenvalue weighted by Crippen LogP contribution is 2.24. The summed E-state index contributed by atoms with van der Waals surface area (Å²) in [6.45, 7) is 0. The van der Waals surface area contributed by atoms with E-state index < -0.39 is 12.2 Å². The van der Waals surface area contributed by atoms with E-state index >= 15 is 0 Å². The van der Waals surface area contributed by atoms with Gasteiger partial charge >= 0.3 is 0 Å². The fraction of sp³-hybridized carbons (Fsp3) is 0.300. The molecule has 0 aromatic heterocycles. The molecule has 0 unspecified atom stereocenters. The van der Waals surface area contributed by atoms with Crippen molar-refractivity contribution >= 4 is 11.8 Å². The van der Waals surface area contributed by atoms with Crippen molar-refractivity contribution in [1.82, 2.24) is 10.6 Å². The normalized spacial score (nSPS) is 27.3. The lowest BCUT2D eigenvalue weighted by atomic mass is 10.0. The average Bonchev–Trinajstić information content (AvgIpc) is 3.17. The molecular weight excluding hydrogens is 332 g/mol. The quantitative estimate of drug-likeness (QED) is 0.652. The van der Waals surface area contributed by atoms with E-state index in [1.54, 1.807) is 0 Å². The van der Waals surface area contributed by atoms with Crippen LogP contribution in [0.3, 0.4) is 0 Å². The van der Waals surface area contributed by atoms with Crippen LogP contribution < -0.4 is 10.6 Å². The molecule has 2 heterocycles. The number of benzene rings is 2. The summed E-state index contributed by atoms with van der Waals surface area (Å²) in [5, 5.41) is 24.5. The Kier molecular flexibility index (Phi) is 5.65. The summed E-state index contributed by atoms with van der Waals surface area (Å²) in [6, 6.07) is 18.6. The van der Waals surface area contributed by atoms with Gasteiger partial charge in [-0.15, -0.1) is 0 Å². The first kappa shape index (κ1) is 18.1. The Morgan fingerprint density at radius 1 is 0.654 bits per heavy atom. The van der Waals surface area contributed by atoms with E-state index in [0.29, 0.717) is 0 Å². The van der Waals surface area contributed by atoms with Crippen molar-refractivity contribution < 1.29 is 19.8 Å². The molecule has 2 aliphatic rings. The average molecular weight is 354 g/mol. The highest BCUT2D eigenvalue weighted by atomic mass is 16.3. The van der Waals surface area contributed by atoms with Crippen molar-refractivity contribution in [3.63, 3.8) is 0 Å². The van der Waals surface area contributed by atoms with E-state index in [-0.39, 0.29) is 36.7 Å². The van der Waals surface area contributed by atoms with Gasteiger partial charge in [-0.25, -0.2) is 0 Å². The summed E-state index contributed by atoms with van der Waals surface area (Å²) >= 11 is 0. The fourth-order valence-electron chi connectivity index (χ4n) is 3.20.